The fraction of sp³-hybridized carbons (Fsp3) is 0.556. The number of hydrogen-bond acceptors (Lipinski definition) is 2. The zero-order valence-electron chi connectivity index (χ0n) is 13.8. The van der Waals surface area contributed by atoms with Crippen LogP contribution in [0.4, 0.5) is 0 Å². The molecule has 2 fully saturated rings. The monoisotopic (exact) mass is 314 g/mol. The maximum atomic E-state index is 11.8. The van der Waals surface area contributed by atoms with E-state index in [1.54, 1.807) is 0 Å². The Labute approximate surface area is 138 Å². The maximum Gasteiger partial charge on any atom is 0.242 e. The van der Waals surface area contributed by atoms with Crippen molar-refractivity contribution >= 4 is 11.9 Å². The Bertz CT molecular complexity index is 553. The molecule has 23 heavy (non-hydrogen) atoms. The third-order valence-corrected chi connectivity index (χ3v) is 4.41. The van der Waals surface area contributed by atoms with Gasteiger partial charge in [-0.2, -0.15) is 0 Å². The minimum atomic E-state index is 0.0294. The summed E-state index contributed by atoms with van der Waals surface area (Å²) in [5.41, 5.74) is 1.39. The predicted molar refractivity (Wildman–Crippen MR) is 92.5 cm³/mol. The Morgan fingerprint density at radius 3 is 2.74 bits per heavy atom. The van der Waals surface area contributed by atoms with Gasteiger partial charge in [-0.15, -0.1) is 0 Å². The molecule has 1 saturated heterocycles. The molecule has 0 aromatic heterocycles. The number of guanidine groups is 1. The lowest BCUT2D eigenvalue weighted by Gasteiger charge is -2.21. The Hall–Kier alpha value is -2.04. The van der Waals surface area contributed by atoms with Gasteiger partial charge in [0.2, 0.25) is 5.91 Å². The molecule has 1 aromatic rings. The van der Waals surface area contributed by atoms with Crippen molar-refractivity contribution in [2.75, 3.05) is 26.2 Å². The zero-order valence-corrected chi connectivity index (χ0v) is 13.8. The van der Waals surface area contributed by atoms with Crippen molar-refractivity contribution in [3.8, 4) is 0 Å². The number of likely N-dealkylation sites (tertiary alicyclic amines) is 1. The summed E-state index contributed by atoms with van der Waals surface area (Å²) in [5.74, 6) is 1.43. The molecule has 2 aliphatic rings. The first-order valence-corrected chi connectivity index (χ1v) is 8.64. The number of rotatable bonds is 5. The van der Waals surface area contributed by atoms with Gasteiger partial charge in [0.05, 0.1) is 0 Å². The zero-order chi connectivity index (χ0) is 16.1. The number of aliphatic imine (C=N–C) groups is 1. The second-order valence-electron chi connectivity index (χ2n) is 6.35. The van der Waals surface area contributed by atoms with Crippen molar-refractivity contribution in [2.45, 2.75) is 38.1 Å². The highest BCUT2D eigenvalue weighted by Gasteiger charge is 2.26. The molecule has 3 rings (SSSR count). The Morgan fingerprint density at radius 1 is 1.26 bits per heavy atom. The van der Waals surface area contributed by atoms with Gasteiger partial charge in [-0.25, -0.2) is 4.99 Å². The van der Waals surface area contributed by atoms with Crippen molar-refractivity contribution < 1.29 is 4.79 Å². The summed E-state index contributed by atoms with van der Waals surface area (Å²) in [6, 6.07) is 11.0. The molecule has 1 saturated carbocycles. The molecule has 5 heteroatoms. The molecule has 1 aliphatic carbocycles. The van der Waals surface area contributed by atoms with Gasteiger partial charge in [-0.3, -0.25) is 4.79 Å². The van der Waals surface area contributed by atoms with Crippen LogP contribution in [0, 0.1) is 0 Å². The van der Waals surface area contributed by atoms with E-state index in [0.29, 0.717) is 12.0 Å². The van der Waals surface area contributed by atoms with Crippen LogP contribution < -0.4 is 10.6 Å². The second kappa shape index (κ2) is 7.49. The largest absolute Gasteiger partial charge is 0.357 e. The summed E-state index contributed by atoms with van der Waals surface area (Å²) in [6.45, 7) is 5.03. The summed E-state index contributed by atoms with van der Waals surface area (Å²) >= 11 is 0. The average Bonchev–Trinajstić information content (AvgIpc) is 3.25. The maximum absolute atomic E-state index is 11.8. The molecular formula is C18H26N4O. The van der Waals surface area contributed by atoms with E-state index in [0.717, 1.165) is 44.9 Å². The Balaban J connectivity index is 1.58. The van der Waals surface area contributed by atoms with Gasteiger partial charge in [0.1, 0.15) is 6.54 Å². The van der Waals surface area contributed by atoms with Crippen LogP contribution in [-0.4, -0.2) is 49.0 Å². The fourth-order valence-corrected chi connectivity index (χ4v) is 3.02. The normalized spacial score (nSPS) is 21.3. The van der Waals surface area contributed by atoms with E-state index in [-0.39, 0.29) is 12.5 Å². The quantitative estimate of drug-likeness (QED) is 0.643. The molecule has 2 N–H and O–H groups in total. The van der Waals surface area contributed by atoms with Crippen LogP contribution in [-0.2, 0) is 4.79 Å². The second-order valence-corrected chi connectivity index (χ2v) is 6.35. The van der Waals surface area contributed by atoms with E-state index in [4.69, 9.17) is 0 Å². The summed E-state index contributed by atoms with van der Waals surface area (Å²) in [4.78, 5) is 18.6. The number of nitrogens with one attached hydrogen (secondary N) is 2. The van der Waals surface area contributed by atoms with Crippen LogP contribution in [0.15, 0.2) is 35.3 Å². The summed E-state index contributed by atoms with van der Waals surface area (Å²) < 4.78 is 0. The molecule has 1 aliphatic heterocycles. The van der Waals surface area contributed by atoms with Crippen LogP contribution in [0.5, 0.6) is 0 Å². The molecule has 1 unspecified atom stereocenters. The van der Waals surface area contributed by atoms with E-state index < -0.39 is 0 Å². The van der Waals surface area contributed by atoms with E-state index in [1.807, 2.05) is 0 Å². The van der Waals surface area contributed by atoms with Gasteiger partial charge in [0.15, 0.2) is 5.96 Å². The van der Waals surface area contributed by atoms with Crippen LogP contribution in [0.25, 0.3) is 0 Å². The van der Waals surface area contributed by atoms with Gasteiger partial charge >= 0.3 is 0 Å². The lowest BCUT2D eigenvalue weighted by Crippen LogP contribution is -2.41. The van der Waals surface area contributed by atoms with E-state index in [9.17, 15) is 4.79 Å². The molecule has 0 bridgehead atoms. The van der Waals surface area contributed by atoms with E-state index in [2.05, 4.69) is 57.8 Å². The molecule has 1 amide bonds. The van der Waals surface area contributed by atoms with Crippen molar-refractivity contribution in [1.82, 2.24) is 15.5 Å². The van der Waals surface area contributed by atoms with Gasteiger partial charge < -0.3 is 15.5 Å². The van der Waals surface area contributed by atoms with Gasteiger partial charge in [0, 0.05) is 31.6 Å². The smallest absolute Gasteiger partial charge is 0.242 e. The van der Waals surface area contributed by atoms with E-state index in [1.165, 1.54) is 5.56 Å². The first-order valence-electron chi connectivity index (χ1n) is 8.64. The Morgan fingerprint density at radius 2 is 2.04 bits per heavy atom. The van der Waals surface area contributed by atoms with Gasteiger partial charge in [-0.05, 0) is 31.7 Å². The van der Waals surface area contributed by atoms with Crippen molar-refractivity contribution in [3.05, 3.63) is 35.9 Å². The van der Waals surface area contributed by atoms with Crippen molar-refractivity contribution in [2.24, 2.45) is 4.99 Å². The third-order valence-electron chi connectivity index (χ3n) is 4.41. The van der Waals surface area contributed by atoms with Gasteiger partial charge in [0.25, 0.3) is 0 Å². The molecule has 5 nitrogen and oxygen atoms in total. The number of carbonyl (C=O) groups is 1. The Kier molecular flexibility index (Phi) is 5.16. The lowest BCUT2D eigenvalue weighted by molar-refractivity contribution is -0.119. The molecule has 124 valence electrons. The number of amides is 1. The third kappa shape index (κ3) is 4.47. The molecule has 1 heterocycles. The molecule has 1 atom stereocenters. The highest BCUT2D eigenvalue weighted by molar-refractivity contribution is 5.85. The summed E-state index contributed by atoms with van der Waals surface area (Å²) in [6.07, 6.45) is 3.35. The number of hydrogen-bond donors (Lipinski definition) is 2. The minimum absolute atomic E-state index is 0.0294. The molecular weight excluding hydrogens is 288 g/mol. The van der Waals surface area contributed by atoms with Crippen LogP contribution in [0.3, 0.4) is 0 Å². The van der Waals surface area contributed by atoms with Crippen LogP contribution in [0.2, 0.25) is 0 Å². The number of nitrogens with zero attached hydrogens (tertiary/aromatic N) is 2. The average molecular weight is 314 g/mol. The SMILES string of the molecule is CCNC(=NCC(=O)NC1CC1)N1CCC(c2ccccc2)C1. The number of benzene rings is 1. The molecule has 0 radical (unpaired) electrons. The first-order chi connectivity index (χ1) is 11.3. The molecule has 0 spiro atoms. The topological polar surface area (TPSA) is 56.7 Å². The van der Waals surface area contributed by atoms with Gasteiger partial charge in [-0.1, -0.05) is 30.3 Å². The minimum Gasteiger partial charge on any atom is -0.357 e. The van der Waals surface area contributed by atoms with Crippen molar-refractivity contribution in [1.29, 1.82) is 0 Å². The highest BCUT2D eigenvalue weighted by Crippen LogP contribution is 2.26. The summed E-state index contributed by atoms with van der Waals surface area (Å²) in [5, 5.41) is 6.30. The standard InChI is InChI=1S/C18H26N4O/c1-2-19-18(20-12-17(23)21-16-8-9-16)22-11-10-15(13-22)14-6-4-3-5-7-14/h3-7,15-16H,2,8-13H2,1H3,(H,19,20)(H,21,23). The van der Waals surface area contributed by atoms with Crippen LogP contribution >= 0.6 is 0 Å². The fourth-order valence-electron chi connectivity index (χ4n) is 3.02. The summed E-state index contributed by atoms with van der Waals surface area (Å²) in [7, 11) is 0. The highest BCUT2D eigenvalue weighted by atomic mass is 16.2. The predicted octanol–water partition coefficient (Wildman–Crippen LogP) is 1.72. The molecule has 1 aromatic carbocycles. The van der Waals surface area contributed by atoms with E-state index >= 15 is 0 Å². The lowest BCUT2D eigenvalue weighted by atomic mass is 9.99. The van der Waals surface area contributed by atoms with Crippen LogP contribution in [0.1, 0.15) is 37.7 Å². The number of carbonyl (C=O) groups excluding carboxylic acids is 1. The van der Waals surface area contributed by atoms with Crippen molar-refractivity contribution in [3.63, 3.8) is 0 Å². The first kappa shape index (κ1) is 15.8.